The number of methoxy groups -OCH3 is 1. The van der Waals surface area contributed by atoms with Crippen molar-refractivity contribution in [2.75, 3.05) is 17.1 Å². The first-order chi connectivity index (χ1) is 13.8. The topological polar surface area (TPSA) is 84.5 Å². The van der Waals surface area contributed by atoms with Gasteiger partial charge >= 0.3 is 0 Å². The summed E-state index contributed by atoms with van der Waals surface area (Å²) in [6, 6.07) is 18.5. The number of carbonyl (C=O) groups excluding carboxylic acids is 1. The van der Waals surface area contributed by atoms with Crippen molar-refractivity contribution in [2.45, 2.75) is 18.7 Å². The van der Waals surface area contributed by atoms with Gasteiger partial charge in [0.1, 0.15) is 5.75 Å². The van der Waals surface area contributed by atoms with Crippen LogP contribution in [-0.2, 0) is 10.0 Å². The summed E-state index contributed by atoms with van der Waals surface area (Å²) < 4.78 is 33.1. The molecule has 0 aliphatic rings. The zero-order valence-corrected chi connectivity index (χ0v) is 17.2. The van der Waals surface area contributed by atoms with Gasteiger partial charge in [0.05, 0.1) is 23.4 Å². The van der Waals surface area contributed by atoms with E-state index >= 15 is 0 Å². The van der Waals surface area contributed by atoms with Crippen LogP contribution in [0.25, 0.3) is 0 Å². The number of hydrogen-bond acceptors (Lipinski definition) is 4. The summed E-state index contributed by atoms with van der Waals surface area (Å²) in [5.41, 5.74) is 2.75. The highest BCUT2D eigenvalue weighted by atomic mass is 32.2. The Hall–Kier alpha value is -3.32. The van der Waals surface area contributed by atoms with Crippen molar-refractivity contribution in [3.8, 4) is 5.75 Å². The smallest absolute Gasteiger partial charge is 0.261 e. The van der Waals surface area contributed by atoms with Gasteiger partial charge < -0.3 is 10.1 Å². The number of carbonyl (C=O) groups is 1. The molecule has 0 saturated carbocycles. The van der Waals surface area contributed by atoms with Crippen molar-refractivity contribution in [1.29, 1.82) is 0 Å². The molecule has 2 N–H and O–H groups in total. The summed E-state index contributed by atoms with van der Waals surface area (Å²) in [7, 11) is -2.22. The normalized spacial score (nSPS) is 11.0. The second-order valence-corrected chi connectivity index (χ2v) is 8.24. The Morgan fingerprint density at radius 1 is 0.897 bits per heavy atom. The van der Waals surface area contributed by atoms with Crippen LogP contribution in [0.15, 0.2) is 71.6 Å². The van der Waals surface area contributed by atoms with Gasteiger partial charge in [-0.15, -0.1) is 0 Å². The average molecular weight is 410 g/mol. The molecule has 0 spiro atoms. The van der Waals surface area contributed by atoms with Gasteiger partial charge in [0.15, 0.2) is 0 Å². The zero-order valence-electron chi connectivity index (χ0n) is 16.4. The van der Waals surface area contributed by atoms with E-state index in [2.05, 4.69) is 10.0 Å². The summed E-state index contributed by atoms with van der Waals surface area (Å²) in [6.45, 7) is 3.62. The van der Waals surface area contributed by atoms with E-state index in [9.17, 15) is 13.2 Å². The predicted octanol–water partition coefficient (Wildman–Crippen LogP) is 4.37. The minimum absolute atomic E-state index is 0.152. The standard InChI is InChI=1S/C22H22N2O4S/c1-15-12-13-21(28-3)20(14-15)23-22(25)18-10-7-11-19(16(18)2)24-29(26,27)17-8-5-4-6-9-17/h4-14,24H,1-3H3,(H,23,25). The molecule has 0 unspecified atom stereocenters. The first-order valence-electron chi connectivity index (χ1n) is 8.95. The molecule has 0 aliphatic heterocycles. The fourth-order valence-electron chi connectivity index (χ4n) is 2.90. The minimum Gasteiger partial charge on any atom is -0.495 e. The van der Waals surface area contributed by atoms with Crippen LogP contribution in [0.4, 0.5) is 11.4 Å². The molecule has 3 rings (SSSR count). The third kappa shape index (κ3) is 4.57. The lowest BCUT2D eigenvalue weighted by atomic mass is 10.1. The van der Waals surface area contributed by atoms with Gasteiger partial charge in [-0.3, -0.25) is 9.52 Å². The molecule has 1 amide bonds. The second-order valence-electron chi connectivity index (χ2n) is 6.55. The van der Waals surface area contributed by atoms with Crippen molar-refractivity contribution >= 4 is 27.3 Å². The molecule has 0 aromatic heterocycles. The maximum atomic E-state index is 12.9. The molecule has 0 bridgehead atoms. The third-order valence-electron chi connectivity index (χ3n) is 4.48. The molecule has 0 atom stereocenters. The number of ether oxygens (including phenoxy) is 1. The largest absolute Gasteiger partial charge is 0.495 e. The van der Waals surface area contributed by atoms with E-state index in [-0.39, 0.29) is 10.8 Å². The van der Waals surface area contributed by atoms with E-state index in [1.807, 2.05) is 19.1 Å². The van der Waals surface area contributed by atoms with Gasteiger partial charge in [-0.05, 0) is 61.4 Å². The van der Waals surface area contributed by atoms with E-state index in [0.717, 1.165) is 5.56 Å². The molecule has 0 radical (unpaired) electrons. The zero-order chi connectivity index (χ0) is 21.0. The monoisotopic (exact) mass is 410 g/mol. The number of amides is 1. The first kappa shape index (κ1) is 20.4. The number of rotatable bonds is 6. The molecule has 0 aliphatic carbocycles. The van der Waals surface area contributed by atoms with Crippen LogP contribution < -0.4 is 14.8 Å². The Labute approximate surface area is 170 Å². The molecule has 0 fully saturated rings. The Kier molecular flexibility index (Phi) is 5.89. The highest BCUT2D eigenvalue weighted by molar-refractivity contribution is 7.92. The van der Waals surface area contributed by atoms with E-state index in [1.54, 1.807) is 49.4 Å². The molecule has 6 nitrogen and oxygen atoms in total. The van der Waals surface area contributed by atoms with Crippen LogP contribution in [0.1, 0.15) is 21.5 Å². The van der Waals surface area contributed by atoms with Gasteiger partial charge in [-0.2, -0.15) is 0 Å². The number of hydrogen-bond donors (Lipinski definition) is 2. The lowest BCUT2D eigenvalue weighted by molar-refractivity contribution is 0.102. The van der Waals surface area contributed by atoms with Gasteiger partial charge in [0.2, 0.25) is 0 Å². The van der Waals surface area contributed by atoms with Crippen molar-refractivity contribution in [2.24, 2.45) is 0 Å². The number of anilines is 2. The van der Waals surface area contributed by atoms with Gasteiger partial charge in [0, 0.05) is 5.56 Å². The van der Waals surface area contributed by atoms with Gasteiger partial charge in [0.25, 0.3) is 15.9 Å². The molecule has 0 saturated heterocycles. The number of benzene rings is 3. The highest BCUT2D eigenvalue weighted by Gasteiger charge is 2.18. The Morgan fingerprint density at radius 3 is 2.31 bits per heavy atom. The fraction of sp³-hybridized carbons (Fsp3) is 0.136. The highest BCUT2D eigenvalue weighted by Crippen LogP contribution is 2.27. The Balaban J connectivity index is 1.89. The summed E-state index contributed by atoms with van der Waals surface area (Å²) in [5, 5.41) is 2.84. The first-order valence-corrected chi connectivity index (χ1v) is 10.4. The van der Waals surface area contributed by atoms with Crippen LogP contribution in [0, 0.1) is 13.8 Å². The van der Waals surface area contributed by atoms with Crippen molar-refractivity contribution in [1.82, 2.24) is 0 Å². The molecule has 0 heterocycles. The minimum atomic E-state index is -3.76. The molecular formula is C22H22N2O4S. The summed E-state index contributed by atoms with van der Waals surface area (Å²) in [5.74, 6) is 0.190. The molecule has 7 heteroatoms. The van der Waals surface area contributed by atoms with Crippen LogP contribution >= 0.6 is 0 Å². The number of nitrogens with one attached hydrogen (secondary N) is 2. The lowest BCUT2D eigenvalue weighted by Gasteiger charge is -2.15. The quantitative estimate of drug-likeness (QED) is 0.632. The van der Waals surface area contributed by atoms with Gasteiger partial charge in [-0.25, -0.2) is 8.42 Å². The number of aryl methyl sites for hydroxylation is 1. The number of sulfonamides is 1. The van der Waals surface area contributed by atoms with Crippen LogP contribution in [0.2, 0.25) is 0 Å². The van der Waals surface area contributed by atoms with E-state index in [4.69, 9.17) is 4.74 Å². The third-order valence-corrected chi connectivity index (χ3v) is 5.86. The lowest BCUT2D eigenvalue weighted by Crippen LogP contribution is -2.17. The summed E-state index contributed by atoms with van der Waals surface area (Å²) >= 11 is 0. The van der Waals surface area contributed by atoms with E-state index in [0.29, 0.717) is 28.3 Å². The second kappa shape index (κ2) is 8.36. The van der Waals surface area contributed by atoms with Gasteiger partial charge in [-0.1, -0.05) is 30.3 Å². The average Bonchev–Trinajstić information content (AvgIpc) is 2.70. The summed E-state index contributed by atoms with van der Waals surface area (Å²) in [4.78, 5) is 13.0. The van der Waals surface area contributed by atoms with E-state index < -0.39 is 10.0 Å². The van der Waals surface area contributed by atoms with Crippen LogP contribution in [0.3, 0.4) is 0 Å². The van der Waals surface area contributed by atoms with Crippen molar-refractivity contribution < 1.29 is 17.9 Å². The predicted molar refractivity (Wildman–Crippen MR) is 114 cm³/mol. The van der Waals surface area contributed by atoms with Crippen LogP contribution in [0.5, 0.6) is 5.75 Å². The maximum absolute atomic E-state index is 12.9. The molecule has 3 aromatic rings. The summed E-state index contributed by atoms with van der Waals surface area (Å²) in [6.07, 6.45) is 0. The maximum Gasteiger partial charge on any atom is 0.261 e. The van der Waals surface area contributed by atoms with Crippen molar-refractivity contribution in [3.63, 3.8) is 0 Å². The van der Waals surface area contributed by atoms with E-state index in [1.165, 1.54) is 19.2 Å². The molecule has 150 valence electrons. The Bertz CT molecular complexity index is 1140. The van der Waals surface area contributed by atoms with Crippen molar-refractivity contribution in [3.05, 3.63) is 83.4 Å². The molecule has 29 heavy (non-hydrogen) atoms. The Morgan fingerprint density at radius 2 is 1.62 bits per heavy atom. The molecule has 3 aromatic carbocycles. The molecular weight excluding hydrogens is 388 g/mol. The van der Waals surface area contributed by atoms with Crippen LogP contribution in [-0.4, -0.2) is 21.4 Å². The fourth-order valence-corrected chi connectivity index (χ4v) is 4.05. The SMILES string of the molecule is COc1ccc(C)cc1NC(=O)c1cccc(NS(=O)(=O)c2ccccc2)c1C.